The van der Waals surface area contributed by atoms with Crippen LogP contribution in [-0.2, 0) is 25.5 Å². The number of benzene rings is 1. The molecule has 2 heterocycles. The quantitative estimate of drug-likeness (QED) is 0.413. The fraction of sp³-hybridized carbons (Fsp3) is 0.654. The van der Waals surface area contributed by atoms with Gasteiger partial charge in [0.2, 0.25) is 5.91 Å². The lowest BCUT2D eigenvalue weighted by atomic mass is 9.76. The minimum atomic E-state index is -0.912. The van der Waals surface area contributed by atoms with Crippen molar-refractivity contribution in [2.45, 2.75) is 52.9 Å². The van der Waals surface area contributed by atoms with E-state index in [0.717, 1.165) is 12.0 Å². The molecule has 2 aliphatic heterocycles. The Morgan fingerprint density at radius 1 is 1.14 bits per heavy atom. The summed E-state index contributed by atoms with van der Waals surface area (Å²) in [7, 11) is 1.53. The highest BCUT2D eigenvalue weighted by atomic mass is 16.5. The highest BCUT2D eigenvalue weighted by Crippen LogP contribution is 2.35. The molecule has 35 heavy (non-hydrogen) atoms. The lowest BCUT2D eigenvalue weighted by molar-refractivity contribution is -0.156. The van der Waals surface area contributed by atoms with Crippen LogP contribution in [0.3, 0.4) is 0 Å². The van der Waals surface area contributed by atoms with Crippen molar-refractivity contribution in [2.24, 2.45) is 11.3 Å². The van der Waals surface area contributed by atoms with Crippen LogP contribution in [0.25, 0.3) is 0 Å². The molecule has 0 saturated carbocycles. The number of hydrogen-bond acceptors (Lipinski definition) is 7. The van der Waals surface area contributed by atoms with Gasteiger partial charge in [0.1, 0.15) is 0 Å². The highest BCUT2D eigenvalue weighted by Gasteiger charge is 2.40. The molecule has 1 unspecified atom stereocenters. The largest absolute Gasteiger partial charge is 0.493 e. The van der Waals surface area contributed by atoms with Gasteiger partial charge in [0.15, 0.2) is 18.1 Å². The van der Waals surface area contributed by atoms with Crippen molar-refractivity contribution in [1.29, 1.82) is 0 Å². The van der Waals surface area contributed by atoms with E-state index in [9.17, 15) is 14.4 Å². The summed E-state index contributed by atoms with van der Waals surface area (Å²) in [5, 5.41) is 9.00. The summed E-state index contributed by atoms with van der Waals surface area (Å²) < 4.78 is 16.7. The Hall–Kier alpha value is -2.81. The van der Waals surface area contributed by atoms with Crippen LogP contribution >= 0.6 is 0 Å². The molecule has 1 aromatic carbocycles. The number of hydrogen-bond donors (Lipinski definition) is 3. The Bertz CT molecular complexity index is 844. The Balaban J connectivity index is 2.39. The molecule has 1 aromatic rings. The fourth-order valence-corrected chi connectivity index (χ4v) is 4.01. The number of rotatable bonds is 6. The molecule has 0 spiro atoms. The average molecular weight is 492 g/mol. The van der Waals surface area contributed by atoms with Crippen LogP contribution in [0, 0.1) is 11.3 Å². The number of fused-ring (bicyclic) bond motifs is 16. The van der Waals surface area contributed by atoms with Gasteiger partial charge in [0.25, 0.3) is 5.91 Å². The number of amides is 2. The summed E-state index contributed by atoms with van der Waals surface area (Å²) in [6.45, 7) is 8.04. The molecule has 0 aliphatic carbocycles. The van der Waals surface area contributed by atoms with Crippen LogP contribution in [-0.4, -0.2) is 64.3 Å². The van der Waals surface area contributed by atoms with Crippen LogP contribution in [0.4, 0.5) is 0 Å². The lowest BCUT2D eigenvalue weighted by Gasteiger charge is -2.33. The molecule has 2 amide bonds. The summed E-state index contributed by atoms with van der Waals surface area (Å²) in [6.07, 6.45) is 2.76. The third kappa shape index (κ3) is 9.39. The fourth-order valence-electron chi connectivity index (χ4n) is 4.01. The second kappa shape index (κ2) is 14.6. The summed E-state index contributed by atoms with van der Waals surface area (Å²) in [5.41, 5.74) is -0.0588. The Kier molecular flexibility index (Phi) is 11.8. The third-order valence-electron chi connectivity index (χ3n) is 6.04. The number of carbonyl (C=O) groups is 3. The molecule has 0 aromatic heterocycles. The van der Waals surface area contributed by atoms with Gasteiger partial charge in [-0.2, -0.15) is 0 Å². The molecule has 0 fully saturated rings. The van der Waals surface area contributed by atoms with Gasteiger partial charge >= 0.3 is 5.97 Å². The first-order valence-corrected chi connectivity index (χ1v) is 12.5. The lowest BCUT2D eigenvalue weighted by Crippen LogP contribution is -2.46. The summed E-state index contributed by atoms with van der Waals surface area (Å²) in [5.74, 6) is 0.656. The number of ether oxygens (including phenoxy) is 3. The monoisotopic (exact) mass is 491 g/mol. The van der Waals surface area contributed by atoms with Gasteiger partial charge < -0.3 is 30.2 Å². The SMILES string of the molecule is CCOC(=O)C1(CCC(C)C)CNC(=O)CCCNCCNC(=O)COc2ccc(cc2OC)C1. The van der Waals surface area contributed by atoms with Crippen molar-refractivity contribution in [3.63, 3.8) is 0 Å². The molecular formula is C26H41N3O6. The number of carbonyl (C=O) groups excluding carboxylic acids is 3. The first-order chi connectivity index (χ1) is 16.8. The standard InChI is InChI=1S/C26H41N3O6/c1-5-34-25(32)26(11-10-19(2)3)16-20-8-9-21(22(15-20)33-4)35-17-24(31)28-14-13-27-12-6-7-23(30)29-18-26/h8-9,15,19,27H,5-7,10-14,16-18H2,1-4H3,(H,28,31)(H,29,30). The van der Waals surface area contributed by atoms with Gasteiger partial charge in [-0.05, 0) is 62.8 Å². The van der Waals surface area contributed by atoms with Crippen molar-refractivity contribution in [1.82, 2.24) is 16.0 Å². The second-order valence-corrected chi connectivity index (χ2v) is 9.36. The second-order valence-electron chi connectivity index (χ2n) is 9.36. The Labute approximate surface area is 208 Å². The van der Waals surface area contributed by atoms with Crippen molar-refractivity contribution in [3.05, 3.63) is 23.8 Å². The molecule has 3 N–H and O–H groups in total. The topological polar surface area (TPSA) is 115 Å². The van der Waals surface area contributed by atoms with Crippen molar-refractivity contribution in [3.8, 4) is 11.5 Å². The normalized spacial score (nSPS) is 20.6. The molecule has 3 rings (SSSR count). The van der Waals surface area contributed by atoms with Gasteiger partial charge in [0.05, 0.1) is 19.1 Å². The number of esters is 1. The molecule has 2 aliphatic rings. The molecule has 2 bridgehead atoms. The maximum Gasteiger partial charge on any atom is 0.314 e. The first-order valence-electron chi connectivity index (χ1n) is 12.5. The zero-order valence-electron chi connectivity index (χ0n) is 21.5. The Morgan fingerprint density at radius 2 is 1.94 bits per heavy atom. The summed E-state index contributed by atoms with van der Waals surface area (Å²) in [4.78, 5) is 38.0. The maximum absolute atomic E-state index is 13.3. The average Bonchev–Trinajstić information content (AvgIpc) is 2.83. The van der Waals surface area contributed by atoms with Gasteiger partial charge in [-0.3, -0.25) is 14.4 Å². The Morgan fingerprint density at radius 3 is 2.66 bits per heavy atom. The summed E-state index contributed by atoms with van der Waals surface area (Å²) >= 11 is 0. The third-order valence-corrected chi connectivity index (χ3v) is 6.04. The van der Waals surface area contributed by atoms with Crippen LogP contribution in [0.5, 0.6) is 11.5 Å². The van der Waals surface area contributed by atoms with Crippen LogP contribution < -0.4 is 25.4 Å². The number of methoxy groups -OCH3 is 1. The van der Waals surface area contributed by atoms with Gasteiger partial charge in [0, 0.05) is 26.1 Å². The minimum absolute atomic E-state index is 0.0995. The van der Waals surface area contributed by atoms with Crippen molar-refractivity contribution in [2.75, 3.05) is 46.5 Å². The predicted octanol–water partition coefficient (Wildman–Crippen LogP) is 2.22. The molecule has 9 heteroatoms. The molecule has 0 radical (unpaired) electrons. The van der Waals surface area contributed by atoms with Gasteiger partial charge in [-0.25, -0.2) is 0 Å². The van der Waals surface area contributed by atoms with E-state index in [1.54, 1.807) is 13.0 Å². The molecular weight excluding hydrogens is 450 g/mol. The molecule has 9 nitrogen and oxygen atoms in total. The smallest absolute Gasteiger partial charge is 0.314 e. The van der Waals surface area contributed by atoms with Crippen molar-refractivity contribution >= 4 is 17.8 Å². The molecule has 0 saturated heterocycles. The van der Waals surface area contributed by atoms with Crippen LogP contribution in [0.2, 0.25) is 0 Å². The summed E-state index contributed by atoms with van der Waals surface area (Å²) in [6, 6.07) is 5.42. The van der Waals surface area contributed by atoms with Crippen molar-refractivity contribution < 1.29 is 28.6 Å². The van der Waals surface area contributed by atoms with E-state index in [4.69, 9.17) is 14.2 Å². The maximum atomic E-state index is 13.3. The van der Waals surface area contributed by atoms with E-state index in [2.05, 4.69) is 29.8 Å². The highest BCUT2D eigenvalue weighted by molar-refractivity contribution is 5.80. The zero-order valence-corrected chi connectivity index (χ0v) is 21.5. The zero-order chi connectivity index (χ0) is 25.7. The van der Waals surface area contributed by atoms with Gasteiger partial charge in [-0.1, -0.05) is 19.9 Å². The van der Waals surface area contributed by atoms with Crippen LogP contribution in [0.1, 0.15) is 52.0 Å². The molecule has 196 valence electrons. The molecule has 1 atom stereocenters. The number of nitrogens with one attached hydrogen (secondary N) is 3. The van der Waals surface area contributed by atoms with E-state index in [1.165, 1.54) is 7.11 Å². The van der Waals surface area contributed by atoms with E-state index in [0.29, 0.717) is 62.7 Å². The van der Waals surface area contributed by atoms with E-state index < -0.39 is 5.41 Å². The first kappa shape index (κ1) is 28.4. The van der Waals surface area contributed by atoms with E-state index in [-0.39, 0.29) is 37.5 Å². The van der Waals surface area contributed by atoms with E-state index in [1.807, 2.05) is 12.1 Å². The van der Waals surface area contributed by atoms with E-state index >= 15 is 0 Å². The minimum Gasteiger partial charge on any atom is -0.493 e. The van der Waals surface area contributed by atoms with Gasteiger partial charge in [-0.15, -0.1) is 0 Å². The predicted molar refractivity (Wildman–Crippen MR) is 133 cm³/mol. The van der Waals surface area contributed by atoms with Crippen LogP contribution in [0.15, 0.2) is 18.2 Å².